The second-order valence-corrected chi connectivity index (χ2v) is 3.06. The van der Waals surface area contributed by atoms with Gasteiger partial charge in [0, 0.05) is 18.8 Å². The van der Waals surface area contributed by atoms with E-state index in [-0.39, 0.29) is 0 Å². The minimum absolute atomic E-state index is 0.619. The van der Waals surface area contributed by atoms with E-state index in [1.54, 1.807) is 0 Å². The SMILES string of the molecule is CCc1n[nH]c(=S)n1-n1cccc1. The zero-order valence-electron chi connectivity index (χ0n) is 7.27. The largest absolute Gasteiger partial charge is 0.260 e. The highest BCUT2D eigenvalue weighted by atomic mass is 32.1. The summed E-state index contributed by atoms with van der Waals surface area (Å²) in [5.74, 6) is 0.932. The van der Waals surface area contributed by atoms with Crippen LogP contribution in [0.15, 0.2) is 24.5 Å². The van der Waals surface area contributed by atoms with Crippen LogP contribution in [-0.4, -0.2) is 19.5 Å². The molecule has 1 N–H and O–H groups in total. The molecule has 5 heteroatoms. The number of nitrogens with zero attached hydrogens (tertiary/aromatic N) is 3. The normalized spacial score (nSPS) is 10.5. The van der Waals surface area contributed by atoms with E-state index < -0.39 is 0 Å². The fraction of sp³-hybridized carbons (Fsp3) is 0.250. The van der Waals surface area contributed by atoms with Gasteiger partial charge in [-0.25, -0.2) is 4.68 Å². The Morgan fingerprint density at radius 2 is 2.15 bits per heavy atom. The molecule has 4 nitrogen and oxygen atoms in total. The van der Waals surface area contributed by atoms with E-state index in [0.29, 0.717) is 4.77 Å². The zero-order valence-corrected chi connectivity index (χ0v) is 8.08. The number of nitrogens with one attached hydrogen (secondary N) is 1. The highest BCUT2D eigenvalue weighted by molar-refractivity contribution is 7.71. The first-order valence-electron chi connectivity index (χ1n) is 4.13. The average molecular weight is 194 g/mol. The van der Waals surface area contributed by atoms with Gasteiger partial charge in [0.25, 0.3) is 0 Å². The van der Waals surface area contributed by atoms with E-state index in [0.717, 1.165) is 12.2 Å². The molecule has 0 saturated carbocycles. The highest BCUT2D eigenvalue weighted by Gasteiger charge is 2.03. The van der Waals surface area contributed by atoms with E-state index in [1.807, 2.05) is 40.8 Å². The molecule has 0 amide bonds. The Kier molecular flexibility index (Phi) is 2.02. The molecule has 0 aromatic carbocycles. The quantitative estimate of drug-likeness (QED) is 0.738. The van der Waals surface area contributed by atoms with Crippen LogP contribution in [0.25, 0.3) is 0 Å². The van der Waals surface area contributed by atoms with Crippen molar-refractivity contribution in [2.45, 2.75) is 13.3 Å². The summed E-state index contributed by atoms with van der Waals surface area (Å²) >= 11 is 5.11. The second-order valence-electron chi connectivity index (χ2n) is 2.67. The van der Waals surface area contributed by atoms with E-state index in [9.17, 15) is 0 Å². The van der Waals surface area contributed by atoms with Crippen molar-refractivity contribution >= 4 is 12.2 Å². The molecule has 0 radical (unpaired) electrons. The van der Waals surface area contributed by atoms with Crippen LogP contribution in [0.1, 0.15) is 12.7 Å². The van der Waals surface area contributed by atoms with E-state index in [2.05, 4.69) is 10.2 Å². The van der Waals surface area contributed by atoms with Crippen molar-refractivity contribution in [3.05, 3.63) is 35.1 Å². The Morgan fingerprint density at radius 1 is 1.46 bits per heavy atom. The number of rotatable bonds is 2. The summed E-state index contributed by atoms with van der Waals surface area (Å²) in [5, 5.41) is 6.89. The lowest BCUT2D eigenvalue weighted by molar-refractivity contribution is 0.614. The van der Waals surface area contributed by atoms with Gasteiger partial charge in [0.2, 0.25) is 4.77 Å². The molecule has 0 atom stereocenters. The smallest absolute Gasteiger partial charge is 0.215 e. The Labute approximate surface area is 80.8 Å². The Balaban J connectivity index is 2.62. The number of aryl methyl sites for hydroxylation is 1. The van der Waals surface area contributed by atoms with E-state index in [4.69, 9.17) is 12.2 Å². The molecule has 0 unspecified atom stereocenters. The molecule has 0 aliphatic heterocycles. The van der Waals surface area contributed by atoms with Crippen LogP contribution in [0, 0.1) is 4.77 Å². The summed E-state index contributed by atoms with van der Waals surface area (Å²) in [4.78, 5) is 0. The third kappa shape index (κ3) is 1.31. The molecular weight excluding hydrogens is 184 g/mol. The topological polar surface area (TPSA) is 38.5 Å². The lowest BCUT2D eigenvalue weighted by atomic mass is 10.5. The molecule has 2 rings (SSSR count). The summed E-state index contributed by atoms with van der Waals surface area (Å²) < 4.78 is 4.40. The van der Waals surface area contributed by atoms with Gasteiger partial charge in [-0.15, -0.1) is 0 Å². The van der Waals surface area contributed by atoms with Gasteiger partial charge in [-0.05, 0) is 24.4 Å². The van der Waals surface area contributed by atoms with Crippen LogP contribution in [0.2, 0.25) is 0 Å². The van der Waals surface area contributed by atoms with Crippen LogP contribution in [0.5, 0.6) is 0 Å². The fourth-order valence-electron chi connectivity index (χ4n) is 1.25. The van der Waals surface area contributed by atoms with Crippen LogP contribution in [0.4, 0.5) is 0 Å². The first-order valence-corrected chi connectivity index (χ1v) is 4.53. The molecule has 13 heavy (non-hydrogen) atoms. The molecule has 0 fully saturated rings. The highest BCUT2D eigenvalue weighted by Crippen LogP contribution is 2.00. The summed E-state index contributed by atoms with van der Waals surface area (Å²) in [7, 11) is 0. The molecule has 68 valence electrons. The summed E-state index contributed by atoms with van der Waals surface area (Å²) in [5.41, 5.74) is 0. The first-order chi connectivity index (χ1) is 6.33. The van der Waals surface area contributed by atoms with Gasteiger partial charge < -0.3 is 0 Å². The van der Waals surface area contributed by atoms with E-state index in [1.165, 1.54) is 0 Å². The monoisotopic (exact) mass is 194 g/mol. The second kappa shape index (κ2) is 3.18. The number of hydrogen-bond donors (Lipinski definition) is 1. The summed E-state index contributed by atoms with van der Waals surface area (Å²) in [6.07, 6.45) is 4.72. The Hall–Kier alpha value is -1.36. The number of H-pyrrole nitrogens is 1. The standard InChI is InChI=1S/C8H10N4S/c1-2-7-9-10-8(13)12(7)11-5-3-4-6-11/h3-6H,2H2,1H3,(H,10,13). The Morgan fingerprint density at radius 3 is 2.77 bits per heavy atom. The van der Waals surface area contributed by atoms with Gasteiger partial charge in [0.05, 0.1) is 0 Å². The van der Waals surface area contributed by atoms with Crippen LogP contribution in [0.3, 0.4) is 0 Å². The maximum atomic E-state index is 5.11. The van der Waals surface area contributed by atoms with Gasteiger partial charge in [0.1, 0.15) is 0 Å². The molecule has 2 aromatic heterocycles. The summed E-state index contributed by atoms with van der Waals surface area (Å²) in [6.45, 7) is 2.05. The molecule has 0 aliphatic rings. The lowest BCUT2D eigenvalue weighted by Gasteiger charge is -2.04. The van der Waals surface area contributed by atoms with Gasteiger partial charge in [0.15, 0.2) is 5.82 Å². The third-order valence-electron chi connectivity index (χ3n) is 1.85. The van der Waals surface area contributed by atoms with Gasteiger partial charge in [-0.2, -0.15) is 5.10 Å². The predicted molar refractivity (Wildman–Crippen MR) is 52.0 cm³/mol. The first kappa shape index (κ1) is 8.25. The van der Waals surface area contributed by atoms with Crippen molar-refractivity contribution in [1.82, 2.24) is 19.5 Å². The number of aromatic amines is 1. The molecule has 0 bridgehead atoms. The third-order valence-corrected chi connectivity index (χ3v) is 2.12. The van der Waals surface area contributed by atoms with Crippen molar-refractivity contribution < 1.29 is 0 Å². The molecule has 0 spiro atoms. The molecule has 2 heterocycles. The zero-order chi connectivity index (χ0) is 9.26. The van der Waals surface area contributed by atoms with Crippen molar-refractivity contribution in [2.75, 3.05) is 0 Å². The Bertz CT molecular complexity index is 437. The molecule has 2 aromatic rings. The minimum Gasteiger partial charge on any atom is -0.260 e. The van der Waals surface area contributed by atoms with Crippen LogP contribution >= 0.6 is 12.2 Å². The average Bonchev–Trinajstić information content (AvgIpc) is 2.72. The van der Waals surface area contributed by atoms with Crippen molar-refractivity contribution in [3.63, 3.8) is 0 Å². The fourth-order valence-corrected chi connectivity index (χ4v) is 1.50. The summed E-state index contributed by atoms with van der Waals surface area (Å²) in [6, 6.07) is 3.91. The number of aromatic nitrogens is 4. The van der Waals surface area contributed by atoms with Crippen molar-refractivity contribution in [3.8, 4) is 0 Å². The minimum atomic E-state index is 0.619. The predicted octanol–water partition coefficient (Wildman–Crippen LogP) is 1.62. The molecular formula is C8H10N4S. The van der Waals surface area contributed by atoms with Crippen LogP contribution in [-0.2, 0) is 6.42 Å². The number of hydrogen-bond acceptors (Lipinski definition) is 2. The molecule has 0 aliphatic carbocycles. The van der Waals surface area contributed by atoms with Gasteiger partial charge >= 0.3 is 0 Å². The van der Waals surface area contributed by atoms with Crippen molar-refractivity contribution in [2.24, 2.45) is 0 Å². The maximum absolute atomic E-state index is 5.11. The maximum Gasteiger partial charge on any atom is 0.215 e. The molecule has 0 saturated heterocycles. The van der Waals surface area contributed by atoms with Crippen LogP contribution < -0.4 is 0 Å². The van der Waals surface area contributed by atoms with Gasteiger partial charge in [-0.1, -0.05) is 6.92 Å². The van der Waals surface area contributed by atoms with Gasteiger partial charge in [-0.3, -0.25) is 9.77 Å². The van der Waals surface area contributed by atoms with E-state index >= 15 is 0 Å². The van der Waals surface area contributed by atoms with Crippen molar-refractivity contribution in [1.29, 1.82) is 0 Å². The lowest BCUT2D eigenvalue weighted by Crippen LogP contribution is -2.10.